The van der Waals surface area contributed by atoms with Crippen molar-refractivity contribution in [2.45, 2.75) is 32.4 Å². The molecule has 0 bridgehead atoms. The summed E-state index contributed by atoms with van der Waals surface area (Å²) in [6.45, 7) is 6.36. The molecular weight excluding hydrogens is 316 g/mol. The van der Waals surface area contributed by atoms with Crippen LogP contribution in [-0.2, 0) is 17.8 Å². The molecule has 0 aromatic carbocycles. The summed E-state index contributed by atoms with van der Waals surface area (Å²) < 4.78 is 13.2. The van der Waals surface area contributed by atoms with E-state index < -0.39 is 0 Å². The van der Waals surface area contributed by atoms with Crippen LogP contribution in [0.2, 0.25) is 0 Å². The lowest BCUT2D eigenvalue weighted by molar-refractivity contribution is 0.186. The Morgan fingerprint density at radius 3 is 3.04 bits per heavy atom. The molecule has 25 heavy (non-hydrogen) atoms. The van der Waals surface area contributed by atoms with E-state index in [1.165, 1.54) is 0 Å². The van der Waals surface area contributed by atoms with Crippen LogP contribution in [0.5, 0.6) is 0 Å². The van der Waals surface area contributed by atoms with Crippen molar-refractivity contribution in [3.8, 4) is 0 Å². The Kier molecular flexibility index (Phi) is 4.55. The second-order valence-electron chi connectivity index (χ2n) is 6.69. The molecule has 1 aliphatic heterocycles. The van der Waals surface area contributed by atoms with Crippen molar-refractivity contribution >= 4 is 11.2 Å². The molecule has 1 unspecified atom stereocenters. The molecule has 132 valence electrons. The van der Waals surface area contributed by atoms with Gasteiger partial charge in [-0.2, -0.15) is 0 Å². The first-order valence-electron chi connectivity index (χ1n) is 8.82. The Labute approximate surface area is 147 Å². The fourth-order valence-electron chi connectivity index (χ4n) is 3.67. The summed E-state index contributed by atoms with van der Waals surface area (Å²) in [7, 11) is 1.73. The molecule has 0 amide bonds. The van der Waals surface area contributed by atoms with Crippen LogP contribution >= 0.6 is 0 Å². The van der Waals surface area contributed by atoms with Gasteiger partial charge in [0.2, 0.25) is 0 Å². The number of likely N-dealkylation sites (tertiary alicyclic amines) is 1. The zero-order chi connectivity index (χ0) is 17.2. The lowest BCUT2D eigenvalue weighted by Crippen LogP contribution is -2.20. The number of ether oxygens (including phenoxy) is 1. The highest BCUT2D eigenvalue weighted by Gasteiger charge is 2.29. The number of fused-ring (bicyclic) bond motifs is 1. The molecular formula is C19H24N4O2. The summed E-state index contributed by atoms with van der Waals surface area (Å²) in [4.78, 5) is 11.9. The molecule has 1 aliphatic rings. The molecule has 0 aliphatic carbocycles. The standard InChI is InChI=1S/C19H24N4O2/c1-14-5-6-16(25-14)13-22-9-7-15(12-22)18-21-17-4-3-8-20-19(17)23(18)10-11-24-2/h3-6,8,15H,7,9-13H2,1-2H3. The van der Waals surface area contributed by atoms with E-state index in [0.29, 0.717) is 12.5 Å². The van der Waals surface area contributed by atoms with Gasteiger partial charge < -0.3 is 13.7 Å². The largest absolute Gasteiger partial charge is 0.465 e. The van der Waals surface area contributed by atoms with Crippen molar-refractivity contribution in [2.24, 2.45) is 0 Å². The van der Waals surface area contributed by atoms with E-state index in [2.05, 4.69) is 20.5 Å². The summed E-state index contributed by atoms with van der Waals surface area (Å²) >= 11 is 0. The zero-order valence-electron chi connectivity index (χ0n) is 14.8. The smallest absolute Gasteiger partial charge is 0.160 e. The van der Waals surface area contributed by atoms with Gasteiger partial charge in [0.05, 0.1) is 13.2 Å². The Morgan fingerprint density at radius 2 is 2.24 bits per heavy atom. The molecule has 0 N–H and O–H groups in total. The average Bonchev–Trinajstić information content (AvgIpc) is 3.32. The third-order valence-electron chi connectivity index (χ3n) is 4.87. The van der Waals surface area contributed by atoms with E-state index in [1.54, 1.807) is 7.11 Å². The summed E-state index contributed by atoms with van der Waals surface area (Å²) in [6.07, 6.45) is 2.94. The van der Waals surface area contributed by atoms with Gasteiger partial charge in [0.15, 0.2) is 5.65 Å². The van der Waals surface area contributed by atoms with Crippen molar-refractivity contribution < 1.29 is 9.15 Å². The van der Waals surface area contributed by atoms with Crippen LogP contribution in [0.3, 0.4) is 0 Å². The second kappa shape index (κ2) is 6.98. The minimum atomic E-state index is 0.419. The molecule has 4 rings (SSSR count). The minimum Gasteiger partial charge on any atom is -0.465 e. The number of imidazole rings is 1. The van der Waals surface area contributed by atoms with Crippen molar-refractivity contribution in [1.29, 1.82) is 0 Å². The van der Waals surface area contributed by atoms with Crippen LogP contribution in [0.4, 0.5) is 0 Å². The topological polar surface area (TPSA) is 56.3 Å². The van der Waals surface area contributed by atoms with Gasteiger partial charge in [0.25, 0.3) is 0 Å². The lowest BCUT2D eigenvalue weighted by Gasteiger charge is -2.15. The molecule has 1 atom stereocenters. The predicted octanol–water partition coefficient (Wildman–Crippen LogP) is 2.97. The summed E-state index contributed by atoms with van der Waals surface area (Å²) in [5.74, 6) is 3.55. The second-order valence-corrected chi connectivity index (χ2v) is 6.69. The highest BCUT2D eigenvalue weighted by atomic mass is 16.5. The average molecular weight is 340 g/mol. The number of nitrogens with zero attached hydrogens (tertiary/aromatic N) is 4. The number of rotatable bonds is 6. The number of pyridine rings is 1. The maximum Gasteiger partial charge on any atom is 0.160 e. The van der Waals surface area contributed by atoms with Gasteiger partial charge in [-0.3, -0.25) is 4.90 Å². The van der Waals surface area contributed by atoms with Crippen LogP contribution in [0.15, 0.2) is 34.9 Å². The number of aromatic nitrogens is 3. The van der Waals surface area contributed by atoms with Gasteiger partial charge in [0, 0.05) is 32.3 Å². The quantitative estimate of drug-likeness (QED) is 0.690. The molecule has 1 saturated heterocycles. The molecule has 0 radical (unpaired) electrons. The van der Waals surface area contributed by atoms with Crippen LogP contribution in [-0.4, -0.2) is 46.2 Å². The van der Waals surface area contributed by atoms with Gasteiger partial charge in [-0.25, -0.2) is 9.97 Å². The fraction of sp³-hybridized carbons (Fsp3) is 0.474. The summed E-state index contributed by atoms with van der Waals surface area (Å²) in [5, 5.41) is 0. The zero-order valence-corrected chi connectivity index (χ0v) is 14.8. The molecule has 0 spiro atoms. The van der Waals surface area contributed by atoms with Crippen molar-refractivity contribution in [2.75, 3.05) is 26.8 Å². The van der Waals surface area contributed by atoms with E-state index >= 15 is 0 Å². The predicted molar refractivity (Wildman–Crippen MR) is 95.5 cm³/mol. The number of aryl methyl sites for hydroxylation is 1. The SMILES string of the molecule is COCCn1c(C2CCN(Cc3ccc(C)o3)C2)nc2cccnc21. The van der Waals surface area contributed by atoms with Crippen LogP contribution < -0.4 is 0 Å². The third-order valence-corrected chi connectivity index (χ3v) is 4.87. The Bertz CT molecular complexity index is 854. The van der Waals surface area contributed by atoms with Crippen molar-refractivity contribution in [1.82, 2.24) is 19.4 Å². The van der Waals surface area contributed by atoms with Gasteiger partial charge in [-0.1, -0.05) is 0 Å². The van der Waals surface area contributed by atoms with Gasteiger partial charge >= 0.3 is 0 Å². The lowest BCUT2D eigenvalue weighted by atomic mass is 10.1. The number of hydrogen-bond acceptors (Lipinski definition) is 5. The number of methoxy groups -OCH3 is 1. The van der Waals surface area contributed by atoms with Crippen molar-refractivity contribution in [3.05, 3.63) is 47.8 Å². The first kappa shape index (κ1) is 16.3. The summed E-state index contributed by atoms with van der Waals surface area (Å²) in [5.41, 5.74) is 1.92. The van der Waals surface area contributed by atoms with Crippen LogP contribution in [0, 0.1) is 6.92 Å². The first-order chi connectivity index (χ1) is 12.2. The highest BCUT2D eigenvalue weighted by Crippen LogP contribution is 2.30. The maximum absolute atomic E-state index is 5.72. The van der Waals surface area contributed by atoms with E-state index in [1.807, 2.05) is 31.3 Å². The number of hydrogen-bond donors (Lipinski definition) is 0. The van der Waals surface area contributed by atoms with Gasteiger partial charge in [-0.05, 0) is 44.2 Å². The molecule has 3 aromatic heterocycles. The molecule has 0 saturated carbocycles. The number of furan rings is 1. The van der Waals surface area contributed by atoms with E-state index in [4.69, 9.17) is 14.1 Å². The summed E-state index contributed by atoms with van der Waals surface area (Å²) in [6, 6.07) is 8.08. The molecule has 6 nitrogen and oxygen atoms in total. The van der Waals surface area contributed by atoms with E-state index in [0.717, 1.165) is 61.1 Å². The van der Waals surface area contributed by atoms with Crippen LogP contribution in [0.25, 0.3) is 11.2 Å². The Balaban J connectivity index is 1.55. The van der Waals surface area contributed by atoms with E-state index in [9.17, 15) is 0 Å². The Morgan fingerprint density at radius 1 is 1.32 bits per heavy atom. The van der Waals surface area contributed by atoms with Crippen LogP contribution in [0.1, 0.15) is 29.7 Å². The molecule has 1 fully saturated rings. The Hall–Kier alpha value is -2.18. The normalized spacial score (nSPS) is 18.4. The van der Waals surface area contributed by atoms with E-state index in [-0.39, 0.29) is 0 Å². The van der Waals surface area contributed by atoms with Gasteiger partial charge in [-0.15, -0.1) is 0 Å². The highest BCUT2D eigenvalue weighted by molar-refractivity contribution is 5.71. The molecule has 6 heteroatoms. The molecule has 4 heterocycles. The monoisotopic (exact) mass is 340 g/mol. The van der Waals surface area contributed by atoms with Crippen molar-refractivity contribution in [3.63, 3.8) is 0 Å². The van der Waals surface area contributed by atoms with Gasteiger partial charge in [0.1, 0.15) is 22.9 Å². The first-order valence-corrected chi connectivity index (χ1v) is 8.82. The third kappa shape index (κ3) is 3.32. The minimum absolute atomic E-state index is 0.419. The fourth-order valence-corrected chi connectivity index (χ4v) is 3.67. The molecule has 3 aromatic rings. The maximum atomic E-state index is 5.72.